The van der Waals surface area contributed by atoms with Gasteiger partial charge in [0.05, 0.1) is 0 Å². The Bertz CT molecular complexity index is 173. The Balaban J connectivity index is 1.65. The lowest BCUT2D eigenvalue weighted by atomic mass is 9.95. The second-order valence-electron chi connectivity index (χ2n) is 5.24. The van der Waals surface area contributed by atoms with Crippen LogP contribution in [0, 0.1) is 11.8 Å². The first-order chi connectivity index (χ1) is 7.38. The fourth-order valence-electron chi connectivity index (χ4n) is 2.61. The third kappa shape index (κ3) is 4.12. The quantitative estimate of drug-likeness (QED) is 0.699. The molecule has 88 valence electrons. The van der Waals surface area contributed by atoms with E-state index in [1.807, 2.05) is 0 Å². The van der Waals surface area contributed by atoms with E-state index in [9.17, 15) is 0 Å². The molecule has 15 heavy (non-hydrogen) atoms. The van der Waals surface area contributed by atoms with Crippen LogP contribution in [0.25, 0.3) is 0 Å². The molecular weight excluding hydrogens is 186 g/mol. The van der Waals surface area contributed by atoms with E-state index in [1.165, 1.54) is 38.5 Å². The maximum atomic E-state index is 5.45. The van der Waals surface area contributed by atoms with Crippen molar-refractivity contribution in [1.29, 1.82) is 0 Å². The Labute approximate surface area is 93.8 Å². The van der Waals surface area contributed by atoms with Gasteiger partial charge in [-0.25, -0.2) is 0 Å². The van der Waals surface area contributed by atoms with Crippen molar-refractivity contribution < 1.29 is 4.74 Å². The summed E-state index contributed by atoms with van der Waals surface area (Å²) in [6.07, 6.45) is 8.43. The molecule has 0 radical (unpaired) electrons. The van der Waals surface area contributed by atoms with E-state index in [2.05, 4.69) is 12.2 Å². The summed E-state index contributed by atoms with van der Waals surface area (Å²) in [5.74, 6) is 1.90. The van der Waals surface area contributed by atoms with Gasteiger partial charge in [0.1, 0.15) is 0 Å². The van der Waals surface area contributed by atoms with Gasteiger partial charge in [-0.3, -0.25) is 0 Å². The molecule has 2 rings (SSSR count). The molecule has 2 fully saturated rings. The zero-order valence-electron chi connectivity index (χ0n) is 10.0. The molecule has 1 N–H and O–H groups in total. The van der Waals surface area contributed by atoms with Crippen molar-refractivity contribution in [2.75, 3.05) is 19.8 Å². The van der Waals surface area contributed by atoms with Gasteiger partial charge in [0.2, 0.25) is 0 Å². The molecule has 2 heteroatoms. The summed E-state index contributed by atoms with van der Waals surface area (Å²) in [4.78, 5) is 0. The molecule has 1 aliphatic heterocycles. The molecule has 1 aliphatic carbocycles. The zero-order chi connectivity index (χ0) is 10.5. The SMILES string of the molecule is CCNC(CCC1CC1)CC1CCOC1. The van der Waals surface area contributed by atoms with Gasteiger partial charge in [-0.1, -0.05) is 19.8 Å². The molecule has 0 spiro atoms. The minimum atomic E-state index is 0.752. The zero-order valence-corrected chi connectivity index (χ0v) is 10.0. The Kier molecular flexibility index (Phi) is 4.45. The molecule has 2 nitrogen and oxygen atoms in total. The van der Waals surface area contributed by atoms with Gasteiger partial charge < -0.3 is 10.1 Å². The van der Waals surface area contributed by atoms with E-state index >= 15 is 0 Å². The van der Waals surface area contributed by atoms with Crippen molar-refractivity contribution in [1.82, 2.24) is 5.32 Å². The van der Waals surface area contributed by atoms with Crippen LogP contribution in [0.15, 0.2) is 0 Å². The molecule has 2 unspecified atom stereocenters. The van der Waals surface area contributed by atoms with E-state index in [1.54, 1.807) is 0 Å². The smallest absolute Gasteiger partial charge is 0.0495 e. The highest BCUT2D eigenvalue weighted by Crippen LogP contribution is 2.34. The van der Waals surface area contributed by atoms with Gasteiger partial charge in [-0.2, -0.15) is 0 Å². The number of rotatable bonds is 7. The maximum absolute atomic E-state index is 5.45. The molecule has 0 aromatic heterocycles. The fourth-order valence-corrected chi connectivity index (χ4v) is 2.61. The normalized spacial score (nSPS) is 28.2. The lowest BCUT2D eigenvalue weighted by Crippen LogP contribution is -2.31. The molecule has 2 atom stereocenters. The topological polar surface area (TPSA) is 21.3 Å². The second-order valence-corrected chi connectivity index (χ2v) is 5.24. The predicted octanol–water partition coefficient (Wildman–Crippen LogP) is 2.58. The molecule has 0 aromatic rings. The Hall–Kier alpha value is -0.0800. The number of nitrogens with one attached hydrogen (secondary N) is 1. The van der Waals surface area contributed by atoms with E-state index < -0.39 is 0 Å². The number of hydrogen-bond acceptors (Lipinski definition) is 2. The molecule has 0 aromatic carbocycles. The molecule has 1 saturated carbocycles. The summed E-state index contributed by atoms with van der Waals surface area (Å²) in [6.45, 7) is 5.33. The standard InChI is InChI=1S/C13H25NO/c1-2-14-13(6-5-11-3-4-11)9-12-7-8-15-10-12/h11-14H,2-10H2,1H3. The summed E-state index contributed by atoms with van der Waals surface area (Å²) < 4.78 is 5.45. The summed E-state index contributed by atoms with van der Waals surface area (Å²) in [5, 5.41) is 3.64. The minimum absolute atomic E-state index is 0.752. The molecule has 1 heterocycles. The van der Waals surface area contributed by atoms with Gasteiger partial charge in [0.25, 0.3) is 0 Å². The highest BCUT2D eigenvalue weighted by molar-refractivity contribution is 4.79. The van der Waals surface area contributed by atoms with Crippen molar-refractivity contribution >= 4 is 0 Å². The lowest BCUT2D eigenvalue weighted by molar-refractivity contribution is 0.180. The second kappa shape index (κ2) is 5.86. The largest absolute Gasteiger partial charge is 0.381 e. The molecular formula is C13H25NO. The molecule has 1 saturated heterocycles. The first kappa shape index (κ1) is 11.4. The van der Waals surface area contributed by atoms with E-state index in [-0.39, 0.29) is 0 Å². The summed E-state index contributed by atoms with van der Waals surface area (Å²) in [7, 11) is 0. The monoisotopic (exact) mass is 211 g/mol. The molecule has 0 amide bonds. The Morgan fingerprint density at radius 3 is 2.73 bits per heavy atom. The van der Waals surface area contributed by atoms with E-state index in [4.69, 9.17) is 4.74 Å². The highest BCUT2D eigenvalue weighted by Gasteiger charge is 2.24. The third-order valence-electron chi connectivity index (χ3n) is 3.75. The average molecular weight is 211 g/mol. The predicted molar refractivity (Wildman–Crippen MR) is 63.0 cm³/mol. The van der Waals surface area contributed by atoms with Crippen LogP contribution in [-0.2, 0) is 4.74 Å². The van der Waals surface area contributed by atoms with Crippen molar-refractivity contribution in [3.8, 4) is 0 Å². The Morgan fingerprint density at radius 2 is 2.13 bits per heavy atom. The fraction of sp³-hybridized carbons (Fsp3) is 1.00. The van der Waals surface area contributed by atoms with Crippen LogP contribution in [-0.4, -0.2) is 25.8 Å². The average Bonchev–Trinajstić information content (AvgIpc) is 2.93. The lowest BCUT2D eigenvalue weighted by Gasteiger charge is -2.20. The van der Waals surface area contributed by atoms with Crippen LogP contribution in [0.2, 0.25) is 0 Å². The van der Waals surface area contributed by atoms with Gasteiger partial charge >= 0.3 is 0 Å². The van der Waals surface area contributed by atoms with Crippen LogP contribution < -0.4 is 5.32 Å². The minimum Gasteiger partial charge on any atom is -0.381 e. The first-order valence-corrected chi connectivity index (χ1v) is 6.69. The van der Waals surface area contributed by atoms with Gasteiger partial charge in [0.15, 0.2) is 0 Å². The van der Waals surface area contributed by atoms with E-state index in [0.29, 0.717) is 0 Å². The maximum Gasteiger partial charge on any atom is 0.0495 e. The van der Waals surface area contributed by atoms with Crippen molar-refractivity contribution in [3.63, 3.8) is 0 Å². The first-order valence-electron chi connectivity index (χ1n) is 6.69. The van der Waals surface area contributed by atoms with Gasteiger partial charge in [0, 0.05) is 19.3 Å². The molecule has 2 aliphatic rings. The summed E-state index contributed by atoms with van der Waals surface area (Å²) in [5.41, 5.74) is 0. The van der Waals surface area contributed by atoms with Crippen molar-refractivity contribution in [2.45, 2.75) is 51.5 Å². The number of ether oxygens (including phenoxy) is 1. The Morgan fingerprint density at radius 1 is 1.27 bits per heavy atom. The van der Waals surface area contributed by atoms with Crippen LogP contribution >= 0.6 is 0 Å². The summed E-state index contributed by atoms with van der Waals surface area (Å²) in [6, 6.07) is 0.752. The number of hydrogen-bond donors (Lipinski definition) is 1. The van der Waals surface area contributed by atoms with Crippen LogP contribution in [0.1, 0.15) is 45.4 Å². The highest BCUT2D eigenvalue weighted by atomic mass is 16.5. The third-order valence-corrected chi connectivity index (χ3v) is 3.75. The van der Waals surface area contributed by atoms with Crippen LogP contribution in [0.4, 0.5) is 0 Å². The van der Waals surface area contributed by atoms with E-state index in [0.717, 1.165) is 37.6 Å². The summed E-state index contributed by atoms with van der Waals surface area (Å²) >= 11 is 0. The van der Waals surface area contributed by atoms with Crippen LogP contribution in [0.3, 0.4) is 0 Å². The molecule has 0 bridgehead atoms. The van der Waals surface area contributed by atoms with Gasteiger partial charge in [-0.05, 0) is 44.1 Å². The van der Waals surface area contributed by atoms with Crippen molar-refractivity contribution in [3.05, 3.63) is 0 Å². The van der Waals surface area contributed by atoms with Gasteiger partial charge in [-0.15, -0.1) is 0 Å². The van der Waals surface area contributed by atoms with Crippen molar-refractivity contribution in [2.24, 2.45) is 11.8 Å². The van der Waals surface area contributed by atoms with Crippen LogP contribution in [0.5, 0.6) is 0 Å².